The van der Waals surface area contributed by atoms with E-state index in [-0.39, 0.29) is 13.0 Å². The lowest BCUT2D eigenvalue weighted by Gasteiger charge is -2.20. The molecule has 0 saturated heterocycles. The smallest absolute Gasteiger partial charge is 0.472 e. The summed E-state index contributed by atoms with van der Waals surface area (Å²) in [6, 6.07) is -1.47. The van der Waals surface area contributed by atoms with Crippen molar-refractivity contribution in [2.75, 3.05) is 26.4 Å². The van der Waals surface area contributed by atoms with Gasteiger partial charge in [-0.15, -0.1) is 0 Å². The minimum Gasteiger partial charge on any atom is -0.480 e. The predicted octanol–water partition coefficient (Wildman–Crippen LogP) is 12.3. The van der Waals surface area contributed by atoms with Crippen LogP contribution < -0.4 is 5.73 Å². The molecule has 324 valence electrons. The molecule has 0 aromatic rings. The Morgan fingerprint density at radius 3 is 1.51 bits per heavy atom. The second-order valence-corrected chi connectivity index (χ2v) is 16.6. The largest absolute Gasteiger partial charge is 0.480 e. The van der Waals surface area contributed by atoms with Gasteiger partial charge >= 0.3 is 19.8 Å². The molecule has 0 bridgehead atoms. The monoisotopic (exact) mass is 802 g/mol. The lowest BCUT2D eigenvalue weighted by molar-refractivity contribution is -0.154. The molecule has 0 spiro atoms. The number of ether oxygens (including phenoxy) is 2. The summed E-state index contributed by atoms with van der Waals surface area (Å²) in [5, 5.41) is 8.90. The third kappa shape index (κ3) is 40.4. The summed E-state index contributed by atoms with van der Waals surface area (Å²) in [7, 11) is -4.61. The van der Waals surface area contributed by atoms with Crippen LogP contribution in [0.2, 0.25) is 0 Å². The number of hydrogen-bond donors (Lipinski definition) is 3. The van der Waals surface area contributed by atoms with Crippen LogP contribution in [0.1, 0.15) is 206 Å². The summed E-state index contributed by atoms with van der Waals surface area (Å²) in [4.78, 5) is 33.5. The van der Waals surface area contributed by atoms with Gasteiger partial charge in [0.15, 0.2) is 0 Å². The summed E-state index contributed by atoms with van der Waals surface area (Å²) in [5.74, 6) is -1.78. The van der Waals surface area contributed by atoms with E-state index in [2.05, 4.69) is 38.2 Å². The van der Waals surface area contributed by atoms with Crippen molar-refractivity contribution in [1.82, 2.24) is 0 Å². The molecule has 0 radical (unpaired) electrons. The van der Waals surface area contributed by atoms with E-state index in [9.17, 15) is 19.0 Å². The van der Waals surface area contributed by atoms with Crippen molar-refractivity contribution in [1.29, 1.82) is 0 Å². The number of carboxylic acids is 1. The van der Waals surface area contributed by atoms with Crippen LogP contribution in [0.5, 0.6) is 0 Å². The van der Waals surface area contributed by atoms with Crippen LogP contribution in [0.3, 0.4) is 0 Å². The molecule has 0 aromatic heterocycles. The van der Waals surface area contributed by atoms with Gasteiger partial charge in [-0.3, -0.25) is 18.6 Å². The van der Waals surface area contributed by atoms with Crippen molar-refractivity contribution in [3.8, 4) is 0 Å². The van der Waals surface area contributed by atoms with E-state index in [0.717, 1.165) is 51.4 Å². The number of carboxylic acid groups (broad SMARTS) is 1. The summed E-state index contributed by atoms with van der Waals surface area (Å²) < 4.78 is 33.4. The van der Waals surface area contributed by atoms with Gasteiger partial charge in [-0.2, -0.15) is 0 Å². The van der Waals surface area contributed by atoms with Crippen molar-refractivity contribution in [2.24, 2.45) is 5.73 Å². The number of phosphoric ester groups is 1. The van der Waals surface area contributed by atoms with Gasteiger partial charge in [0.1, 0.15) is 12.1 Å². The van der Waals surface area contributed by atoms with Gasteiger partial charge < -0.3 is 25.2 Å². The number of esters is 1. The van der Waals surface area contributed by atoms with E-state index in [1.165, 1.54) is 128 Å². The van der Waals surface area contributed by atoms with Crippen LogP contribution >= 0.6 is 7.82 Å². The Hall–Kier alpha value is -1.55. The molecule has 1 unspecified atom stereocenters. The van der Waals surface area contributed by atoms with Crippen molar-refractivity contribution >= 4 is 19.8 Å². The number of nitrogens with two attached hydrogens (primary N) is 1. The van der Waals surface area contributed by atoms with Crippen LogP contribution in [0, 0.1) is 0 Å². The SMILES string of the molecule is CCCCC/C=C\C/C=C\CCCCCCCCCC(=O)O[C@H](COCCCCCCCCCCCCCCCCCC)COP(=O)(O)OC[C@H](N)C(=O)O. The summed E-state index contributed by atoms with van der Waals surface area (Å²) in [6.45, 7) is 3.88. The van der Waals surface area contributed by atoms with Gasteiger partial charge in [0.2, 0.25) is 0 Å². The van der Waals surface area contributed by atoms with Crippen molar-refractivity contribution in [3.63, 3.8) is 0 Å². The Bertz CT molecular complexity index is 977. The molecule has 3 atom stereocenters. The Balaban J connectivity index is 4.22. The first kappa shape index (κ1) is 53.5. The van der Waals surface area contributed by atoms with Crippen LogP contribution in [-0.2, 0) is 32.7 Å². The number of phosphoric acid groups is 1. The molecule has 0 aromatic carbocycles. The van der Waals surface area contributed by atoms with E-state index in [0.29, 0.717) is 13.0 Å². The molecule has 0 aliphatic heterocycles. The maximum Gasteiger partial charge on any atom is 0.472 e. The molecule has 0 aliphatic carbocycles. The second kappa shape index (κ2) is 40.6. The first-order valence-electron chi connectivity index (χ1n) is 22.4. The van der Waals surface area contributed by atoms with Crippen LogP contribution in [-0.4, -0.2) is 60.5 Å². The van der Waals surface area contributed by atoms with Gasteiger partial charge in [0, 0.05) is 13.0 Å². The van der Waals surface area contributed by atoms with E-state index < -0.39 is 45.1 Å². The van der Waals surface area contributed by atoms with Crippen molar-refractivity contribution in [3.05, 3.63) is 24.3 Å². The quantitative estimate of drug-likeness (QED) is 0.0235. The number of carbonyl (C=O) groups excluding carboxylic acids is 1. The minimum atomic E-state index is -4.61. The third-order valence-electron chi connectivity index (χ3n) is 9.73. The zero-order chi connectivity index (χ0) is 40.5. The number of unbranched alkanes of at least 4 members (excludes halogenated alkanes) is 25. The lowest BCUT2D eigenvalue weighted by Crippen LogP contribution is -2.34. The Morgan fingerprint density at radius 1 is 0.582 bits per heavy atom. The topological polar surface area (TPSA) is 155 Å². The minimum absolute atomic E-state index is 0.0179. The van der Waals surface area contributed by atoms with Gasteiger partial charge in [-0.05, 0) is 44.9 Å². The van der Waals surface area contributed by atoms with E-state index in [1.807, 2.05) is 0 Å². The predicted molar refractivity (Wildman–Crippen MR) is 226 cm³/mol. The maximum atomic E-state index is 12.6. The summed E-state index contributed by atoms with van der Waals surface area (Å²) in [5.41, 5.74) is 5.36. The highest BCUT2D eigenvalue weighted by molar-refractivity contribution is 7.47. The molecule has 10 nitrogen and oxygen atoms in total. The summed E-state index contributed by atoms with van der Waals surface area (Å²) >= 11 is 0. The molecule has 4 N–H and O–H groups in total. The Labute approximate surface area is 336 Å². The maximum absolute atomic E-state index is 12.6. The second-order valence-electron chi connectivity index (χ2n) is 15.2. The van der Waals surface area contributed by atoms with E-state index in [1.54, 1.807) is 0 Å². The molecule has 0 aliphatic rings. The highest BCUT2D eigenvalue weighted by atomic mass is 31.2. The zero-order valence-electron chi connectivity index (χ0n) is 35.3. The molecular formula is C44H84NO9P. The van der Waals surface area contributed by atoms with E-state index >= 15 is 0 Å². The van der Waals surface area contributed by atoms with E-state index in [4.69, 9.17) is 29.4 Å². The highest BCUT2D eigenvalue weighted by Gasteiger charge is 2.27. The standard InChI is InChI=1S/C44H84NO9P/c1-3-5-7-9-11-13-15-17-19-21-22-24-26-28-30-32-34-36-43(46)54-41(39-52-55(49,50)53-40-42(45)44(47)48)38-51-37-35-33-31-29-27-25-23-20-18-16-14-12-10-8-6-4-2/h11,13,17,19,41-42H,3-10,12,14-16,18,20-40,45H2,1-2H3,(H,47,48)(H,49,50)/b13-11-,19-17-/t41-,42+/m1/s1. The fraction of sp³-hybridized carbons (Fsp3) is 0.864. The van der Waals surface area contributed by atoms with Crippen molar-refractivity contribution < 1.29 is 42.7 Å². The van der Waals surface area contributed by atoms with Crippen LogP contribution in [0.4, 0.5) is 0 Å². The van der Waals surface area contributed by atoms with Gasteiger partial charge in [0.25, 0.3) is 0 Å². The molecule has 0 amide bonds. The first-order valence-corrected chi connectivity index (χ1v) is 23.9. The Morgan fingerprint density at radius 2 is 1.00 bits per heavy atom. The van der Waals surface area contributed by atoms with Gasteiger partial charge in [-0.1, -0.05) is 179 Å². The number of hydrogen-bond acceptors (Lipinski definition) is 8. The molecule has 0 heterocycles. The summed E-state index contributed by atoms with van der Waals surface area (Å²) in [6.07, 6.45) is 43.6. The average molecular weight is 802 g/mol. The number of rotatable bonds is 43. The average Bonchev–Trinajstić information content (AvgIpc) is 3.16. The molecule has 0 fully saturated rings. The fourth-order valence-corrected chi connectivity index (χ4v) is 7.00. The van der Waals surface area contributed by atoms with Crippen molar-refractivity contribution in [2.45, 2.75) is 219 Å². The molecule has 0 rings (SSSR count). The molecular weight excluding hydrogens is 717 g/mol. The van der Waals surface area contributed by atoms with Gasteiger partial charge in [-0.25, -0.2) is 4.57 Å². The zero-order valence-corrected chi connectivity index (χ0v) is 36.2. The number of allylic oxidation sites excluding steroid dienone is 4. The third-order valence-corrected chi connectivity index (χ3v) is 10.7. The lowest BCUT2D eigenvalue weighted by atomic mass is 10.0. The number of carbonyl (C=O) groups is 2. The Kier molecular flexibility index (Phi) is 39.5. The first-order chi connectivity index (χ1) is 26.7. The molecule has 11 heteroatoms. The van der Waals surface area contributed by atoms with Gasteiger partial charge in [0.05, 0.1) is 19.8 Å². The normalized spacial score (nSPS) is 14.1. The van der Waals surface area contributed by atoms with Crippen LogP contribution in [0.25, 0.3) is 0 Å². The molecule has 0 saturated carbocycles. The number of aliphatic carboxylic acids is 1. The molecule has 55 heavy (non-hydrogen) atoms. The highest BCUT2D eigenvalue weighted by Crippen LogP contribution is 2.43. The van der Waals surface area contributed by atoms with Crippen LogP contribution in [0.15, 0.2) is 24.3 Å². The fourth-order valence-electron chi connectivity index (χ4n) is 6.22.